The lowest BCUT2D eigenvalue weighted by Gasteiger charge is -2.04. The van der Waals surface area contributed by atoms with Gasteiger partial charge >= 0.3 is 6.09 Å². The van der Waals surface area contributed by atoms with E-state index < -0.39 is 6.09 Å². The number of rotatable bonds is 6. The third kappa shape index (κ3) is 7.30. The number of nitrogens with one attached hydrogen (secondary N) is 1. The van der Waals surface area contributed by atoms with Gasteiger partial charge in [0.2, 0.25) is 0 Å². The van der Waals surface area contributed by atoms with Gasteiger partial charge in [-0.1, -0.05) is 0 Å². The Morgan fingerprint density at radius 1 is 1.50 bits per heavy atom. The van der Waals surface area contributed by atoms with E-state index in [4.69, 9.17) is 4.74 Å². The van der Waals surface area contributed by atoms with Gasteiger partial charge in [-0.15, -0.1) is 0 Å². The molecule has 0 radical (unpaired) electrons. The fraction of sp³-hybridized carbons (Fsp3) is 0.857. The van der Waals surface area contributed by atoms with Gasteiger partial charge in [-0.05, 0) is 6.92 Å². The molecule has 0 aromatic rings. The van der Waals surface area contributed by atoms with Gasteiger partial charge in [-0.25, -0.2) is 4.79 Å². The van der Waals surface area contributed by atoms with Gasteiger partial charge in [-0.2, -0.15) is 0 Å². The minimum absolute atomic E-state index is 0.241. The van der Waals surface area contributed by atoms with E-state index in [9.17, 15) is 4.79 Å². The molecule has 1 amide bonds. The number of alkyl carbamates (subject to hydrolysis) is 1. The zero-order valence-corrected chi connectivity index (χ0v) is 7.46. The fourth-order valence-corrected chi connectivity index (χ4v) is 0.550. The lowest BCUT2D eigenvalue weighted by atomic mass is 10.7. The Morgan fingerprint density at radius 3 is 2.83 bits per heavy atom. The molecule has 72 valence electrons. The number of amides is 1. The average Bonchev–Trinajstić information content (AvgIpc) is 2.05. The Balaban J connectivity index is 3.03. The number of ether oxygens (including phenoxy) is 3. The van der Waals surface area contributed by atoms with Crippen LogP contribution in [-0.4, -0.2) is 39.8 Å². The van der Waals surface area contributed by atoms with Crippen LogP contribution in [0.2, 0.25) is 0 Å². The summed E-state index contributed by atoms with van der Waals surface area (Å²) in [5, 5.41) is 2.50. The van der Waals surface area contributed by atoms with Crippen LogP contribution in [-0.2, 0) is 14.2 Å². The predicted octanol–water partition coefficient (Wildman–Crippen LogP) is 0.353. The summed E-state index contributed by atoms with van der Waals surface area (Å²) in [6, 6.07) is 0. The van der Waals surface area contributed by atoms with E-state index >= 15 is 0 Å². The summed E-state index contributed by atoms with van der Waals surface area (Å²) >= 11 is 0. The number of carbonyl (C=O) groups is 1. The molecule has 0 aliphatic rings. The lowest BCUT2D eigenvalue weighted by Crippen LogP contribution is -2.28. The average molecular weight is 177 g/mol. The van der Waals surface area contributed by atoms with E-state index in [2.05, 4.69) is 14.8 Å². The zero-order valence-electron chi connectivity index (χ0n) is 7.46. The van der Waals surface area contributed by atoms with E-state index in [0.29, 0.717) is 19.8 Å². The summed E-state index contributed by atoms with van der Waals surface area (Å²) < 4.78 is 14.2. The van der Waals surface area contributed by atoms with Crippen molar-refractivity contribution in [1.29, 1.82) is 0 Å². The lowest BCUT2D eigenvalue weighted by molar-refractivity contribution is -0.0288. The Bertz CT molecular complexity index is 118. The molecule has 5 heteroatoms. The number of hydrogen-bond donors (Lipinski definition) is 1. The first-order valence-corrected chi connectivity index (χ1v) is 3.78. The second-order valence-corrected chi connectivity index (χ2v) is 1.96. The Kier molecular flexibility index (Phi) is 7.73. The van der Waals surface area contributed by atoms with Gasteiger partial charge in [0.25, 0.3) is 0 Å². The summed E-state index contributed by atoms with van der Waals surface area (Å²) in [6.45, 7) is 3.23. The van der Waals surface area contributed by atoms with Crippen LogP contribution in [0.4, 0.5) is 4.79 Å². The molecule has 0 aliphatic heterocycles. The molecular weight excluding hydrogens is 162 g/mol. The highest BCUT2D eigenvalue weighted by Gasteiger charge is 1.97. The van der Waals surface area contributed by atoms with Gasteiger partial charge in [-0.3, -0.25) is 0 Å². The molecule has 1 N–H and O–H groups in total. The zero-order chi connectivity index (χ0) is 9.23. The summed E-state index contributed by atoms with van der Waals surface area (Å²) in [5.41, 5.74) is 0. The maximum Gasteiger partial charge on any atom is 0.407 e. The summed E-state index contributed by atoms with van der Waals surface area (Å²) in [6.07, 6.45) is -0.418. The van der Waals surface area contributed by atoms with Crippen molar-refractivity contribution < 1.29 is 19.0 Å². The van der Waals surface area contributed by atoms with E-state index in [1.807, 2.05) is 0 Å². The molecule has 0 atom stereocenters. The van der Waals surface area contributed by atoms with E-state index in [0.717, 1.165) is 0 Å². The molecule has 0 spiro atoms. The van der Waals surface area contributed by atoms with Crippen molar-refractivity contribution in [3.8, 4) is 0 Å². The van der Waals surface area contributed by atoms with Crippen LogP contribution in [0.25, 0.3) is 0 Å². The van der Waals surface area contributed by atoms with Crippen LogP contribution in [0.1, 0.15) is 6.92 Å². The number of carbonyl (C=O) groups excluding carboxylic acids is 1. The summed E-state index contributed by atoms with van der Waals surface area (Å²) in [7, 11) is 1.54. The highest BCUT2D eigenvalue weighted by Crippen LogP contribution is 1.77. The Hall–Kier alpha value is -0.810. The Labute approximate surface area is 72.0 Å². The molecule has 0 fully saturated rings. The second kappa shape index (κ2) is 8.29. The molecule has 0 heterocycles. The molecule has 0 saturated heterocycles. The van der Waals surface area contributed by atoms with Crippen LogP contribution in [0.15, 0.2) is 0 Å². The van der Waals surface area contributed by atoms with Crippen LogP contribution >= 0.6 is 0 Å². The quantitative estimate of drug-likeness (QED) is 0.470. The van der Waals surface area contributed by atoms with Crippen molar-refractivity contribution in [2.24, 2.45) is 0 Å². The van der Waals surface area contributed by atoms with Gasteiger partial charge in [0.15, 0.2) is 0 Å². The molecule has 0 aromatic carbocycles. The number of methoxy groups -OCH3 is 1. The maximum atomic E-state index is 10.7. The minimum Gasteiger partial charge on any atom is -0.450 e. The predicted molar refractivity (Wildman–Crippen MR) is 42.9 cm³/mol. The topological polar surface area (TPSA) is 56.8 Å². The first kappa shape index (κ1) is 11.2. The largest absolute Gasteiger partial charge is 0.450 e. The standard InChI is InChI=1S/C7H15NO4/c1-3-12-7(9)8-4-5-11-6-10-2/h3-6H2,1-2H3,(H,8,9). The van der Waals surface area contributed by atoms with Gasteiger partial charge < -0.3 is 19.5 Å². The van der Waals surface area contributed by atoms with Gasteiger partial charge in [0.05, 0.1) is 13.2 Å². The second-order valence-electron chi connectivity index (χ2n) is 1.96. The molecule has 0 unspecified atom stereocenters. The molecule has 0 saturated carbocycles. The molecule has 0 aliphatic carbocycles. The third-order valence-electron chi connectivity index (χ3n) is 0.992. The van der Waals surface area contributed by atoms with Crippen molar-refractivity contribution in [2.75, 3.05) is 33.7 Å². The molecule has 0 bridgehead atoms. The molecule has 0 aromatic heterocycles. The molecule has 0 rings (SSSR count). The van der Waals surface area contributed by atoms with Crippen molar-refractivity contribution in [3.63, 3.8) is 0 Å². The summed E-state index contributed by atoms with van der Waals surface area (Å²) in [5.74, 6) is 0. The SMILES string of the molecule is CCOC(=O)NCCOCOC. The first-order chi connectivity index (χ1) is 5.81. The molecule has 12 heavy (non-hydrogen) atoms. The highest BCUT2D eigenvalue weighted by molar-refractivity contribution is 5.66. The maximum absolute atomic E-state index is 10.7. The molecular formula is C7H15NO4. The summed E-state index contributed by atoms with van der Waals surface area (Å²) in [4.78, 5) is 10.7. The van der Waals surface area contributed by atoms with Gasteiger partial charge in [0, 0.05) is 13.7 Å². The van der Waals surface area contributed by atoms with Crippen LogP contribution in [0.5, 0.6) is 0 Å². The van der Waals surface area contributed by atoms with Crippen molar-refractivity contribution >= 4 is 6.09 Å². The van der Waals surface area contributed by atoms with E-state index in [1.165, 1.54) is 0 Å². The van der Waals surface area contributed by atoms with E-state index in [1.54, 1.807) is 14.0 Å². The Morgan fingerprint density at radius 2 is 2.25 bits per heavy atom. The van der Waals surface area contributed by atoms with Crippen LogP contribution in [0.3, 0.4) is 0 Å². The molecule has 5 nitrogen and oxygen atoms in total. The highest BCUT2D eigenvalue weighted by atomic mass is 16.7. The third-order valence-corrected chi connectivity index (χ3v) is 0.992. The van der Waals surface area contributed by atoms with Crippen molar-refractivity contribution in [2.45, 2.75) is 6.92 Å². The fourth-order valence-electron chi connectivity index (χ4n) is 0.550. The number of hydrogen-bond acceptors (Lipinski definition) is 4. The minimum atomic E-state index is -0.418. The monoisotopic (exact) mass is 177 g/mol. The van der Waals surface area contributed by atoms with Gasteiger partial charge in [0.1, 0.15) is 6.79 Å². The van der Waals surface area contributed by atoms with Crippen LogP contribution < -0.4 is 5.32 Å². The van der Waals surface area contributed by atoms with E-state index in [-0.39, 0.29) is 6.79 Å². The smallest absolute Gasteiger partial charge is 0.407 e. The van der Waals surface area contributed by atoms with Crippen molar-refractivity contribution in [1.82, 2.24) is 5.32 Å². The van der Waals surface area contributed by atoms with Crippen molar-refractivity contribution in [3.05, 3.63) is 0 Å². The normalized spacial score (nSPS) is 9.50. The first-order valence-electron chi connectivity index (χ1n) is 3.78. The van der Waals surface area contributed by atoms with Crippen LogP contribution in [0, 0.1) is 0 Å².